The first-order valence-corrected chi connectivity index (χ1v) is 5.39. The van der Waals surface area contributed by atoms with Gasteiger partial charge in [-0.25, -0.2) is 0 Å². The van der Waals surface area contributed by atoms with Crippen LogP contribution in [-0.4, -0.2) is 22.2 Å². The molecule has 0 bridgehead atoms. The van der Waals surface area contributed by atoms with Gasteiger partial charge in [-0.3, -0.25) is 9.48 Å². The van der Waals surface area contributed by atoms with E-state index in [4.69, 9.17) is 11.5 Å². The zero-order chi connectivity index (χ0) is 12.1. The molecule has 0 unspecified atom stereocenters. The molecule has 6 heteroatoms. The van der Waals surface area contributed by atoms with Crippen LogP contribution < -0.4 is 16.8 Å². The van der Waals surface area contributed by atoms with E-state index in [9.17, 15) is 4.79 Å². The lowest BCUT2D eigenvalue weighted by atomic mass is 10.2. The average molecular weight is 225 g/mol. The number of nitrogen functional groups attached to an aromatic ring is 1. The highest BCUT2D eigenvalue weighted by molar-refractivity contribution is 5.74. The summed E-state index contributed by atoms with van der Waals surface area (Å²) >= 11 is 0. The molecule has 90 valence electrons. The molecule has 0 radical (unpaired) electrons. The largest absolute Gasteiger partial charge is 0.394 e. The SMILES string of the molecule is CCCc1nn(C)c(NCCC(N)=O)c1N. The van der Waals surface area contributed by atoms with Crippen molar-refractivity contribution in [2.75, 3.05) is 17.6 Å². The third-order valence-electron chi connectivity index (χ3n) is 2.31. The number of nitrogens with two attached hydrogens (primary N) is 2. The second kappa shape index (κ2) is 5.39. The zero-order valence-corrected chi connectivity index (χ0v) is 9.79. The number of carbonyl (C=O) groups is 1. The van der Waals surface area contributed by atoms with Gasteiger partial charge in [-0.05, 0) is 6.42 Å². The lowest BCUT2D eigenvalue weighted by Gasteiger charge is -2.05. The monoisotopic (exact) mass is 225 g/mol. The number of hydrogen-bond acceptors (Lipinski definition) is 4. The number of carbonyl (C=O) groups excluding carboxylic acids is 1. The van der Waals surface area contributed by atoms with Crippen LogP contribution >= 0.6 is 0 Å². The van der Waals surface area contributed by atoms with Crippen LogP contribution in [0.5, 0.6) is 0 Å². The van der Waals surface area contributed by atoms with Crippen molar-refractivity contribution in [1.82, 2.24) is 9.78 Å². The topological polar surface area (TPSA) is 99.0 Å². The van der Waals surface area contributed by atoms with E-state index in [-0.39, 0.29) is 12.3 Å². The number of aryl methyl sites for hydroxylation is 2. The normalized spacial score (nSPS) is 10.4. The second-order valence-electron chi connectivity index (χ2n) is 3.73. The molecular weight excluding hydrogens is 206 g/mol. The Morgan fingerprint density at radius 2 is 2.25 bits per heavy atom. The minimum Gasteiger partial charge on any atom is -0.394 e. The summed E-state index contributed by atoms with van der Waals surface area (Å²) in [7, 11) is 1.82. The van der Waals surface area contributed by atoms with Crippen molar-refractivity contribution in [2.45, 2.75) is 26.2 Å². The van der Waals surface area contributed by atoms with Crippen LogP contribution in [0.2, 0.25) is 0 Å². The second-order valence-corrected chi connectivity index (χ2v) is 3.73. The molecule has 0 saturated heterocycles. The van der Waals surface area contributed by atoms with Gasteiger partial charge >= 0.3 is 0 Å². The summed E-state index contributed by atoms with van der Waals surface area (Å²) in [4.78, 5) is 10.6. The maximum atomic E-state index is 10.6. The Labute approximate surface area is 95.0 Å². The number of nitrogens with zero attached hydrogens (tertiary/aromatic N) is 2. The van der Waals surface area contributed by atoms with Crippen LogP contribution in [0.1, 0.15) is 25.5 Å². The fraction of sp³-hybridized carbons (Fsp3) is 0.600. The van der Waals surface area contributed by atoms with E-state index in [2.05, 4.69) is 17.3 Å². The first-order valence-electron chi connectivity index (χ1n) is 5.39. The fourth-order valence-corrected chi connectivity index (χ4v) is 1.53. The van der Waals surface area contributed by atoms with Crippen molar-refractivity contribution >= 4 is 17.4 Å². The Bertz CT molecular complexity index is 372. The molecule has 16 heavy (non-hydrogen) atoms. The third-order valence-corrected chi connectivity index (χ3v) is 2.31. The maximum Gasteiger partial charge on any atom is 0.219 e. The smallest absolute Gasteiger partial charge is 0.219 e. The van der Waals surface area contributed by atoms with Crippen LogP contribution in [0.25, 0.3) is 0 Å². The lowest BCUT2D eigenvalue weighted by molar-refractivity contribution is -0.117. The van der Waals surface area contributed by atoms with Gasteiger partial charge in [0.25, 0.3) is 0 Å². The van der Waals surface area contributed by atoms with E-state index in [0.717, 1.165) is 24.4 Å². The predicted octanol–water partition coefficient (Wildman–Crippen LogP) is 0.242. The molecule has 1 aromatic rings. The molecule has 0 spiro atoms. The number of hydrogen-bond donors (Lipinski definition) is 3. The molecule has 1 amide bonds. The number of aromatic nitrogens is 2. The molecule has 1 rings (SSSR count). The van der Waals surface area contributed by atoms with Gasteiger partial charge in [0.15, 0.2) is 0 Å². The molecule has 0 saturated carbocycles. The average Bonchev–Trinajstić information content (AvgIpc) is 2.45. The summed E-state index contributed by atoms with van der Waals surface area (Å²) in [5.74, 6) is 0.423. The minimum absolute atomic E-state index is 0.285. The fourth-order valence-electron chi connectivity index (χ4n) is 1.53. The van der Waals surface area contributed by atoms with Crippen LogP contribution in [0, 0.1) is 0 Å². The lowest BCUT2D eigenvalue weighted by Crippen LogP contribution is -2.17. The van der Waals surface area contributed by atoms with Crippen LogP contribution in [0.15, 0.2) is 0 Å². The van der Waals surface area contributed by atoms with Gasteiger partial charge in [-0.15, -0.1) is 0 Å². The Morgan fingerprint density at radius 3 is 2.81 bits per heavy atom. The van der Waals surface area contributed by atoms with Gasteiger partial charge in [-0.2, -0.15) is 5.10 Å². The number of amides is 1. The van der Waals surface area contributed by atoms with E-state index in [1.165, 1.54) is 0 Å². The van der Waals surface area contributed by atoms with Gasteiger partial charge in [0.1, 0.15) is 5.82 Å². The van der Waals surface area contributed by atoms with Crippen LogP contribution in [0.3, 0.4) is 0 Å². The molecule has 0 aliphatic carbocycles. The highest BCUT2D eigenvalue weighted by Crippen LogP contribution is 2.22. The Balaban J connectivity index is 2.68. The van der Waals surface area contributed by atoms with E-state index >= 15 is 0 Å². The molecule has 5 N–H and O–H groups in total. The van der Waals surface area contributed by atoms with Crippen molar-refractivity contribution < 1.29 is 4.79 Å². The van der Waals surface area contributed by atoms with Gasteiger partial charge < -0.3 is 16.8 Å². The maximum absolute atomic E-state index is 10.6. The quantitative estimate of drug-likeness (QED) is 0.646. The third kappa shape index (κ3) is 2.88. The molecule has 0 fully saturated rings. The minimum atomic E-state index is -0.331. The van der Waals surface area contributed by atoms with Crippen molar-refractivity contribution in [3.63, 3.8) is 0 Å². The van der Waals surface area contributed by atoms with Crippen molar-refractivity contribution in [2.24, 2.45) is 12.8 Å². The van der Waals surface area contributed by atoms with E-state index in [1.807, 2.05) is 7.05 Å². The summed E-state index contributed by atoms with van der Waals surface area (Å²) < 4.78 is 1.70. The van der Waals surface area contributed by atoms with Gasteiger partial charge in [0, 0.05) is 20.0 Å². The van der Waals surface area contributed by atoms with Crippen molar-refractivity contribution in [3.05, 3.63) is 5.69 Å². The first kappa shape index (κ1) is 12.4. The molecule has 1 aromatic heterocycles. The van der Waals surface area contributed by atoms with Crippen molar-refractivity contribution in [1.29, 1.82) is 0 Å². The van der Waals surface area contributed by atoms with Gasteiger partial charge in [0.05, 0.1) is 11.4 Å². The standard InChI is InChI=1S/C10H19N5O/c1-3-4-7-9(12)10(15(2)14-7)13-6-5-8(11)16/h13H,3-6,12H2,1-2H3,(H2,11,16). The van der Waals surface area contributed by atoms with Crippen molar-refractivity contribution in [3.8, 4) is 0 Å². The number of primary amides is 1. The predicted molar refractivity (Wildman–Crippen MR) is 63.9 cm³/mol. The number of rotatable bonds is 6. The Kier molecular flexibility index (Phi) is 4.16. The summed E-state index contributed by atoms with van der Waals surface area (Å²) in [6, 6.07) is 0. The van der Waals surface area contributed by atoms with E-state index in [1.54, 1.807) is 4.68 Å². The molecule has 0 aliphatic heterocycles. The van der Waals surface area contributed by atoms with Gasteiger partial charge in [-0.1, -0.05) is 13.3 Å². The van der Waals surface area contributed by atoms with Gasteiger partial charge in [0.2, 0.25) is 5.91 Å². The van der Waals surface area contributed by atoms with E-state index in [0.29, 0.717) is 12.2 Å². The molecule has 1 heterocycles. The van der Waals surface area contributed by atoms with E-state index < -0.39 is 0 Å². The highest BCUT2D eigenvalue weighted by Gasteiger charge is 2.11. The summed E-state index contributed by atoms with van der Waals surface area (Å²) in [6.45, 7) is 2.55. The summed E-state index contributed by atoms with van der Waals surface area (Å²) in [5.41, 5.74) is 12.6. The Morgan fingerprint density at radius 1 is 1.56 bits per heavy atom. The molecule has 0 aliphatic rings. The van der Waals surface area contributed by atoms with Crippen LogP contribution in [-0.2, 0) is 18.3 Å². The summed E-state index contributed by atoms with van der Waals surface area (Å²) in [6.07, 6.45) is 2.15. The Hall–Kier alpha value is -1.72. The highest BCUT2D eigenvalue weighted by atomic mass is 16.1. The number of nitrogens with one attached hydrogen (secondary N) is 1. The number of anilines is 2. The first-order chi connectivity index (χ1) is 7.56. The van der Waals surface area contributed by atoms with Crippen LogP contribution in [0.4, 0.5) is 11.5 Å². The molecule has 0 aromatic carbocycles. The molecular formula is C10H19N5O. The summed E-state index contributed by atoms with van der Waals surface area (Å²) in [5, 5.41) is 7.38. The molecule has 6 nitrogen and oxygen atoms in total. The zero-order valence-electron chi connectivity index (χ0n) is 9.79. The molecule has 0 atom stereocenters.